The predicted octanol–water partition coefficient (Wildman–Crippen LogP) is 1.75. The zero-order valence-corrected chi connectivity index (χ0v) is 10.5. The Labute approximate surface area is 99.7 Å². The lowest BCUT2D eigenvalue weighted by Crippen LogP contribution is -2.30. The molecule has 0 aliphatic carbocycles. The number of carbonyl (C=O) groups is 1. The van der Waals surface area contributed by atoms with Crippen LogP contribution in [0.15, 0.2) is 29.2 Å². The molecule has 1 aromatic carbocycles. The van der Waals surface area contributed by atoms with Crippen LogP contribution in [-0.2, 0) is 10.0 Å². The van der Waals surface area contributed by atoms with E-state index in [-0.39, 0.29) is 16.5 Å². The molecular formula is C10H12ClNO3S. The van der Waals surface area contributed by atoms with Crippen molar-refractivity contribution in [3.63, 3.8) is 0 Å². The summed E-state index contributed by atoms with van der Waals surface area (Å²) in [6, 6.07) is 5.27. The van der Waals surface area contributed by atoms with E-state index in [9.17, 15) is 13.2 Å². The van der Waals surface area contributed by atoms with Crippen molar-refractivity contribution in [1.29, 1.82) is 0 Å². The number of rotatable bonds is 4. The normalized spacial score (nSPS) is 11.8. The second-order valence-electron chi connectivity index (χ2n) is 3.57. The fourth-order valence-corrected chi connectivity index (χ4v) is 2.52. The maximum Gasteiger partial charge on any atom is 0.252 e. The highest BCUT2D eigenvalue weighted by Gasteiger charge is 2.15. The quantitative estimate of drug-likeness (QED) is 0.840. The molecular weight excluding hydrogens is 250 g/mol. The van der Waals surface area contributed by atoms with Gasteiger partial charge in [0.2, 0.25) is 10.0 Å². The molecule has 0 aliphatic heterocycles. The monoisotopic (exact) mass is 261 g/mol. The fraction of sp³-hybridized carbons (Fsp3) is 0.300. The lowest BCUT2D eigenvalue weighted by molar-refractivity contribution is 0.108. The van der Waals surface area contributed by atoms with Gasteiger partial charge in [0.05, 0.1) is 4.90 Å². The highest BCUT2D eigenvalue weighted by Crippen LogP contribution is 2.12. The molecule has 0 radical (unpaired) electrons. The van der Waals surface area contributed by atoms with Crippen LogP contribution in [0.1, 0.15) is 24.2 Å². The molecule has 4 nitrogen and oxygen atoms in total. The summed E-state index contributed by atoms with van der Waals surface area (Å²) in [5.74, 6) is 0. The number of hydrogen-bond acceptors (Lipinski definition) is 3. The fourth-order valence-electron chi connectivity index (χ4n) is 1.14. The Kier molecular flexibility index (Phi) is 4.07. The molecule has 0 fully saturated rings. The van der Waals surface area contributed by atoms with Gasteiger partial charge in [-0.25, -0.2) is 13.1 Å². The maximum absolute atomic E-state index is 11.7. The number of nitrogens with one attached hydrogen (secondary N) is 1. The van der Waals surface area contributed by atoms with Gasteiger partial charge in [-0.15, -0.1) is 0 Å². The van der Waals surface area contributed by atoms with Crippen molar-refractivity contribution in [2.75, 3.05) is 0 Å². The van der Waals surface area contributed by atoms with Gasteiger partial charge in [-0.3, -0.25) is 4.79 Å². The molecule has 1 aromatic rings. The van der Waals surface area contributed by atoms with Gasteiger partial charge in [0.1, 0.15) is 0 Å². The first-order valence-electron chi connectivity index (χ1n) is 4.65. The van der Waals surface area contributed by atoms with Crippen LogP contribution in [0.4, 0.5) is 0 Å². The van der Waals surface area contributed by atoms with E-state index < -0.39 is 15.3 Å². The van der Waals surface area contributed by atoms with Crippen LogP contribution in [-0.4, -0.2) is 19.7 Å². The van der Waals surface area contributed by atoms with E-state index in [1.165, 1.54) is 24.3 Å². The summed E-state index contributed by atoms with van der Waals surface area (Å²) in [5.41, 5.74) is 0.269. The van der Waals surface area contributed by atoms with Crippen LogP contribution < -0.4 is 4.72 Å². The molecule has 1 rings (SSSR count). The Bertz CT molecular complexity index is 479. The van der Waals surface area contributed by atoms with Crippen molar-refractivity contribution in [3.05, 3.63) is 29.8 Å². The molecule has 0 saturated heterocycles. The average molecular weight is 262 g/mol. The van der Waals surface area contributed by atoms with E-state index in [0.717, 1.165) is 0 Å². The van der Waals surface area contributed by atoms with E-state index in [1.807, 2.05) is 0 Å². The maximum atomic E-state index is 11.7. The van der Waals surface area contributed by atoms with E-state index in [0.29, 0.717) is 0 Å². The van der Waals surface area contributed by atoms with Crippen LogP contribution >= 0.6 is 11.6 Å². The third kappa shape index (κ3) is 3.30. The molecule has 0 spiro atoms. The number of hydrogen-bond donors (Lipinski definition) is 1. The first-order chi connectivity index (χ1) is 7.33. The van der Waals surface area contributed by atoms with Gasteiger partial charge in [-0.05, 0) is 49.7 Å². The second kappa shape index (κ2) is 4.95. The Morgan fingerprint density at radius 3 is 2.12 bits per heavy atom. The average Bonchev–Trinajstić information content (AvgIpc) is 2.16. The molecule has 0 aliphatic rings. The molecule has 0 amide bonds. The van der Waals surface area contributed by atoms with E-state index >= 15 is 0 Å². The molecule has 16 heavy (non-hydrogen) atoms. The van der Waals surface area contributed by atoms with Crippen molar-refractivity contribution >= 4 is 26.9 Å². The summed E-state index contributed by atoms with van der Waals surface area (Å²) in [7, 11) is -3.51. The zero-order valence-electron chi connectivity index (χ0n) is 8.90. The summed E-state index contributed by atoms with van der Waals surface area (Å²) in [5, 5.41) is -0.610. The molecule has 0 atom stereocenters. The lowest BCUT2D eigenvalue weighted by atomic mass is 10.2. The van der Waals surface area contributed by atoms with Crippen LogP contribution in [0, 0.1) is 0 Å². The topological polar surface area (TPSA) is 63.2 Å². The summed E-state index contributed by atoms with van der Waals surface area (Å²) in [4.78, 5) is 10.9. The van der Waals surface area contributed by atoms with Gasteiger partial charge in [-0.2, -0.15) is 0 Å². The minimum absolute atomic E-state index is 0.114. The number of sulfonamides is 1. The van der Waals surface area contributed by atoms with Crippen molar-refractivity contribution in [3.8, 4) is 0 Å². The SMILES string of the molecule is CC(C)NS(=O)(=O)c1ccc(C(=O)Cl)cc1. The van der Waals surface area contributed by atoms with Crippen LogP contribution in [0.2, 0.25) is 0 Å². The van der Waals surface area contributed by atoms with Crippen LogP contribution in [0.25, 0.3) is 0 Å². The van der Waals surface area contributed by atoms with Crippen LogP contribution in [0.5, 0.6) is 0 Å². The molecule has 0 saturated carbocycles. The molecule has 0 bridgehead atoms. The van der Waals surface area contributed by atoms with Gasteiger partial charge >= 0.3 is 0 Å². The van der Waals surface area contributed by atoms with Crippen LogP contribution in [0.3, 0.4) is 0 Å². The Morgan fingerprint density at radius 1 is 1.25 bits per heavy atom. The number of benzene rings is 1. The molecule has 0 unspecified atom stereocenters. The number of carbonyl (C=O) groups excluding carboxylic acids is 1. The minimum Gasteiger partial charge on any atom is -0.276 e. The van der Waals surface area contributed by atoms with Gasteiger partial charge < -0.3 is 0 Å². The summed E-state index contributed by atoms with van der Waals surface area (Å²) < 4.78 is 25.8. The summed E-state index contributed by atoms with van der Waals surface area (Å²) >= 11 is 5.25. The summed E-state index contributed by atoms with van der Waals surface area (Å²) in [6.07, 6.45) is 0. The zero-order chi connectivity index (χ0) is 12.3. The van der Waals surface area contributed by atoms with Crippen molar-refractivity contribution < 1.29 is 13.2 Å². The van der Waals surface area contributed by atoms with E-state index in [1.54, 1.807) is 13.8 Å². The van der Waals surface area contributed by atoms with Crippen molar-refractivity contribution in [2.45, 2.75) is 24.8 Å². The molecule has 6 heteroatoms. The molecule has 88 valence electrons. The van der Waals surface area contributed by atoms with E-state index in [2.05, 4.69) is 4.72 Å². The van der Waals surface area contributed by atoms with Gasteiger partial charge in [0.25, 0.3) is 5.24 Å². The Morgan fingerprint density at radius 2 is 1.75 bits per heavy atom. The molecule has 0 aromatic heterocycles. The second-order valence-corrected chi connectivity index (χ2v) is 5.63. The van der Waals surface area contributed by atoms with E-state index in [4.69, 9.17) is 11.6 Å². The third-order valence-electron chi connectivity index (χ3n) is 1.78. The highest BCUT2D eigenvalue weighted by molar-refractivity contribution is 7.89. The lowest BCUT2D eigenvalue weighted by Gasteiger charge is -2.09. The number of halogens is 1. The first kappa shape index (κ1) is 13.2. The Balaban J connectivity index is 3.02. The third-order valence-corrected chi connectivity index (χ3v) is 3.68. The molecule has 1 N–H and O–H groups in total. The highest BCUT2D eigenvalue weighted by atomic mass is 35.5. The first-order valence-corrected chi connectivity index (χ1v) is 6.51. The molecule has 0 heterocycles. The van der Waals surface area contributed by atoms with Gasteiger partial charge in [0.15, 0.2) is 0 Å². The standard InChI is InChI=1S/C10H12ClNO3S/c1-7(2)12-16(14,15)9-5-3-8(4-6-9)10(11)13/h3-7,12H,1-2H3. The minimum atomic E-state index is -3.51. The van der Waals surface area contributed by atoms with Gasteiger partial charge in [-0.1, -0.05) is 0 Å². The van der Waals surface area contributed by atoms with Crippen molar-refractivity contribution in [1.82, 2.24) is 4.72 Å². The van der Waals surface area contributed by atoms with Crippen molar-refractivity contribution in [2.24, 2.45) is 0 Å². The smallest absolute Gasteiger partial charge is 0.252 e. The predicted molar refractivity (Wildman–Crippen MR) is 62.1 cm³/mol. The largest absolute Gasteiger partial charge is 0.276 e. The summed E-state index contributed by atoms with van der Waals surface area (Å²) in [6.45, 7) is 3.46. The Hall–Kier alpha value is -0.910. The van der Waals surface area contributed by atoms with Gasteiger partial charge in [0, 0.05) is 11.6 Å².